The molecule has 9 nitrogen and oxygen atoms in total. The number of ether oxygens (including phenoxy) is 2. The number of hydrogen-bond acceptors (Lipinski definition) is 7. The quantitative estimate of drug-likeness (QED) is 0.0211. The number of hydrogen-bond donors (Lipinski definition) is 1. The summed E-state index contributed by atoms with van der Waals surface area (Å²) in [5.41, 5.74) is 0. The van der Waals surface area contributed by atoms with Crippen LogP contribution in [0.4, 0.5) is 0 Å². The summed E-state index contributed by atoms with van der Waals surface area (Å²) in [5.74, 6) is -0.805. The molecule has 0 aliphatic heterocycles. The zero-order chi connectivity index (χ0) is 65.5. The van der Waals surface area contributed by atoms with Gasteiger partial charge in [0.1, 0.15) is 19.8 Å². The van der Waals surface area contributed by atoms with Gasteiger partial charge in [-0.05, 0) is 109 Å². The zero-order valence-electron chi connectivity index (χ0n) is 59.1. The molecular weight excluding hydrogens is 1130 g/mol. The Balaban J connectivity index is 4.08. The molecule has 2 unspecified atom stereocenters. The maximum Gasteiger partial charge on any atom is 0.472 e. The van der Waals surface area contributed by atoms with Gasteiger partial charge in [-0.2, -0.15) is 0 Å². The Kier molecular flexibility index (Phi) is 67.0. The van der Waals surface area contributed by atoms with Gasteiger partial charge in [0.15, 0.2) is 6.10 Å². The third-order valence-electron chi connectivity index (χ3n) is 16.0. The van der Waals surface area contributed by atoms with E-state index in [1.807, 2.05) is 21.1 Å². The molecule has 0 aliphatic carbocycles. The summed E-state index contributed by atoms with van der Waals surface area (Å²) in [6.45, 7) is 4.33. The van der Waals surface area contributed by atoms with Crippen molar-refractivity contribution in [2.45, 2.75) is 328 Å². The normalized spacial score (nSPS) is 13.8. The predicted octanol–water partition coefficient (Wildman–Crippen LogP) is 24.6. The molecule has 518 valence electrons. The lowest BCUT2D eigenvalue weighted by molar-refractivity contribution is -0.870. The van der Waals surface area contributed by atoms with Gasteiger partial charge in [0.25, 0.3) is 0 Å². The topological polar surface area (TPSA) is 108 Å². The predicted molar refractivity (Wildman–Crippen MR) is 390 cm³/mol. The minimum atomic E-state index is -4.40. The summed E-state index contributed by atoms with van der Waals surface area (Å²) in [6.07, 6.45) is 100. The number of rotatable bonds is 68. The number of nitrogens with zero attached hydrogens (tertiary/aromatic N) is 1. The van der Waals surface area contributed by atoms with Crippen LogP contribution in [0, 0.1) is 0 Å². The Bertz CT molecular complexity index is 1940. The van der Waals surface area contributed by atoms with Crippen LogP contribution in [-0.4, -0.2) is 74.9 Å². The van der Waals surface area contributed by atoms with Gasteiger partial charge >= 0.3 is 19.8 Å². The van der Waals surface area contributed by atoms with Crippen molar-refractivity contribution >= 4 is 19.8 Å². The molecule has 0 radical (unpaired) electrons. The van der Waals surface area contributed by atoms with E-state index in [4.69, 9.17) is 18.5 Å². The van der Waals surface area contributed by atoms with Gasteiger partial charge in [-0.3, -0.25) is 18.6 Å². The molecule has 0 rings (SSSR count). The van der Waals surface area contributed by atoms with Crippen LogP contribution in [-0.2, 0) is 32.7 Å². The van der Waals surface area contributed by atoms with E-state index < -0.39 is 26.5 Å². The molecule has 0 aromatic carbocycles. The highest BCUT2D eigenvalue weighted by Gasteiger charge is 2.27. The van der Waals surface area contributed by atoms with Gasteiger partial charge in [-0.25, -0.2) is 4.57 Å². The number of phosphoric acid groups is 1. The van der Waals surface area contributed by atoms with Crippen LogP contribution >= 0.6 is 7.82 Å². The van der Waals surface area contributed by atoms with Crippen molar-refractivity contribution in [3.8, 4) is 0 Å². The summed E-state index contributed by atoms with van der Waals surface area (Å²) in [6, 6.07) is 0. The molecular formula is C80H141NO8P+. The SMILES string of the molecule is CC/C=C\C/C=C\C/C=C\C/C=C\C/C=C\C/C=C\C/C=C\C/C=C\C/C=C\CCCCCCCCCC(=O)OC(COC(=O)CCCCCCCCCCCCCCCCCCCCC/C=C\CCCCCCCCCC)COP(=O)(O)OCC[N+](C)(C)C. The summed E-state index contributed by atoms with van der Waals surface area (Å²) >= 11 is 0. The van der Waals surface area contributed by atoms with Crippen LogP contribution in [0.5, 0.6) is 0 Å². The van der Waals surface area contributed by atoms with Crippen molar-refractivity contribution in [1.82, 2.24) is 0 Å². The van der Waals surface area contributed by atoms with E-state index in [1.165, 1.54) is 186 Å². The minimum Gasteiger partial charge on any atom is -0.462 e. The molecule has 0 aromatic rings. The molecule has 10 heteroatoms. The van der Waals surface area contributed by atoms with Gasteiger partial charge in [-0.1, -0.05) is 322 Å². The Labute approximate surface area is 556 Å². The molecule has 0 amide bonds. The maximum atomic E-state index is 12.9. The van der Waals surface area contributed by atoms with Crippen LogP contribution in [0.3, 0.4) is 0 Å². The largest absolute Gasteiger partial charge is 0.472 e. The summed E-state index contributed by atoms with van der Waals surface area (Å²) < 4.78 is 34.8. The van der Waals surface area contributed by atoms with E-state index >= 15 is 0 Å². The highest BCUT2D eigenvalue weighted by Crippen LogP contribution is 2.43. The molecule has 0 heterocycles. The van der Waals surface area contributed by atoms with Crippen LogP contribution < -0.4 is 0 Å². The lowest BCUT2D eigenvalue weighted by Crippen LogP contribution is -2.37. The second kappa shape index (κ2) is 69.7. The zero-order valence-corrected chi connectivity index (χ0v) is 60.0. The lowest BCUT2D eigenvalue weighted by atomic mass is 10.0. The number of likely N-dealkylation sites (N-methyl/N-ethyl adjacent to an activating group) is 1. The summed E-state index contributed by atoms with van der Waals surface area (Å²) in [7, 11) is 1.47. The van der Waals surface area contributed by atoms with Crippen LogP contribution in [0.2, 0.25) is 0 Å². The van der Waals surface area contributed by atoms with Crippen molar-refractivity contribution < 1.29 is 42.1 Å². The molecule has 0 aliphatic rings. The summed E-state index contributed by atoms with van der Waals surface area (Å²) in [4.78, 5) is 35.9. The molecule has 1 N–H and O–H groups in total. The third-order valence-corrected chi connectivity index (χ3v) is 17.0. The molecule has 0 spiro atoms. The number of unbranched alkanes of at least 4 members (excludes halogenated alkanes) is 34. The Morgan fingerprint density at radius 1 is 0.356 bits per heavy atom. The Morgan fingerprint density at radius 3 is 0.956 bits per heavy atom. The number of esters is 2. The van der Waals surface area contributed by atoms with Gasteiger partial charge in [0.2, 0.25) is 0 Å². The number of carbonyl (C=O) groups is 2. The fourth-order valence-corrected chi connectivity index (χ4v) is 11.0. The second-order valence-corrected chi connectivity index (χ2v) is 27.4. The van der Waals surface area contributed by atoms with Gasteiger partial charge in [-0.15, -0.1) is 0 Å². The van der Waals surface area contributed by atoms with E-state index in [2.05, 4.69) is 135 Å². The maximum absolute atomic E-state index is 12.9. The molecule has 0 saturated carbocycles. The van der Waals surface area contributed by atoms with Crippen LogP contribution in [0.15, 0.2) is 122 Å². The first-order chi connectivity index (χ1) is 44.0. The molecule has 0 aromatic heterocycles. The highest BCUT2D eigenvalue weighted by atomic mass is 31.2. The molecule has 0 fully saturated rings. The van der Waals surface area contributed by atoms with Crippen molar-refractivity contribution in [2.24, 2.45) is 0 Å². The molecule has 90 heavy (non-hydrogen) atoms. The van der Waals surface area contributed by atoms with Gasteiger partial charge < -0.3 is 18.9 Å². The van der Waals surface area contributed by atoms with E-state index in [0.717, 1.165) is 103 Å². The van der Waals surface area contributed by atoms with Crippen LogP contribution in [0.25, 0.3) is 0 Å². The van der Waals surface area contributed by atoms with Crippen molar-refractivity contribution in [2.75, 3.05) is 47.5 Å². The molecule has 0 bridgehead atoms. The average Bonchev–Trinajstić information content (AvgIpc) is 3.61. The standard InChI is InChI=1S/C80H140NO8P/c1-6-8-10-12-14-16-18-20-22-24-26-28-30-32-34-36-38-39-40-41-43-45-47-49-51-53-55-57-59-61-63-65-67-69-71-73-80(83)89-78(77-88-90(84,85)87-75-74-81(3,4)5)76-86-79(82)72-70-68-66-64-62-60-58-56-54-52-50-48-46-44-42-37-35-33-31-29-27-25-23-21-19-17-15-13-11-9-7-2/h8,10,14,16,20,22,25-28,32,34,38-39,41,43,47,49,53,55,78H,6-7,9,11-13,15,17-19,21,23-24,29-31,33,35-37,40,42,44-46,48,50-52,54,56-77H2,1-5H3/p+1/b10-8-,16-14-,22-20-,27-25-,28-26-,34-32-,39-38-,43-41-,49-47-,55-53-. The average molecular weight is 1280 g/mol. The van der Waals surface area contributed by atoms with Crippen LogP contribution in [0.1, 0.15) is 322 Å². The minimum absolute atomic E-state index is 0.0249. The third kappa shape index (κ3) is 73.5. The smallest absolute Gasteiger partial charge is 0.462 e. The molecule has 0 saturated heterocycles. The van der Waals surface area contributed by atoms with Gasteiger partial charge in [0.05, 0.1) is 27.7 Å². The number of allylic oxidation sites excluding steroid dienone is 20. The number of quaternary nitrogens is 1. The summed E-state index contributed by atoms with van der Waals surface area (Å²) in [5, 5.41) is 0. The fraction of sp³-hybridized carbons (Fsp3) is 0.725. The van der Waals surface area contributed by atoms with Gasteiger partial charge in [0, 0.05) is 12.8 Å². The monoisotopic (exact) mass is 1280 g/mol. The Morgan fingerprint density at radius 2 is 0.633 bits per heavy atom. The number of carbonyl (C=O) groups excluding carboxylic acids is 2. The lowest BCUT2D eigenvalue weighted by Gasteiger charge is -2.24. The van der Waals surface area contributed by atoms with E-state index in [0.29, 0.717) is 17.4 Å². The Hall–Kier alpha value is -3.59. The van der Waals surface area contributed by atoms with E-state index in [1.54, 1.807) is 0 Å². The first kappa shape index (κ1) is 86.4. The fourth-order valence-electron chi connectivity index (χ4n) is 10.3. The van der Waals surface area contributed by atoms with E-state index in [-0.39, 0.29) is 32.0 Å². The second-order valence-electron chi connectivity index (χ2n) is 25.9. The first-order valence-corrected chi connectivity index (χ1v) is 38.8. The van der Waals surface area contributed by atoms with Crippen molar-refractivity contribution in [3.63, 3.8) is 0 Å². The highest BCUT2D eigenvalue weighted by molar-refractivity contribution is 7.47. The van der Waals surface area contributed by atoms with E-state index in [9.17, 15) is 19.0 Å². The number of phosphoric ester groups is 1. The van der Waals surface area contributed by atoms with Crippen molar-refractivity contribution in [1.29, 1.82) is 0 Å². The van der Waals surface area contributed by atoms with Crippen molar-refractivity contribution in [3.05, 3.63) is 122 Å². The molecule has 2 atom stereocenters. The first-order valence-electron chi connectivity index (χ1n) is 37.3.